The normalized spacial score (nSPS) is 11.2. The number of nitrogens with zero attached hydrogens (tertiary/aromatic N) is 1. The molecule has 126 valence electrons. The third kappa shape index (κ3) is 10.00. The molecule has 1 heteroatoms. The Morgan fingerprint density at radius 3 is 1.82 bits per heavy atom. The molecular formula is C21H37N. The molecule has 0 N–H and O–H groups in total. The Morgan fingerprint density at radius 2 is 1.18 bits per heavy atom. The molecule has 0 amide bonds. The number of hydrogen-bond donors (Lipinski definition) is 0. The van der Waals surface area contributed by atoms with Crippen molar-refractivity contribution >= 4 is 0 Å². The highest BCUT2D eigenvalue weighted by molar-refractivity contribution is 5.14. The summed E-state index contributed by atoms with van der Waals surface area (Å²) in [4.78, 5) is 2.65. The van der Waals surface area contributed by atoms with Crippen molar-refractivity contribution in [2.24, 2.45) is 0 Å². The largest absolute Gasteiger partial charge is 0.299 e. The third-order valence-corrected chi connectivity index (χ3v) is 4.40. The summed E-state index contributed by atoms with van der Waals surface area (Å²) in [5.74, 6) is 0. The lowest BCUT2D eigenvalue weighted by molar-refractivity contribution is 0.254. The first-order valence-electron chi connectivity index (χ1n) is 9.63. The molecule has 0 fully saturated rings. The molecule has 0 saturated heterocycles. The molecule has 0 saturated carbocycles. The van der Waals surface area contributed by atoms with Crippen molar-refractivity contribution in [3.63, 3.8) is 0 Å². The van der Waals surface area contributed by atoms with Crippen LogP contribution in [0.1, 0.15) is 83.6 Å². The lowest BCUT2D eigenvalue weighted by Gasteiger charge is -2.22. The topological polar surface area (TPSA) is 3.24 Å². The smallest absolute Gasteiger partial charge is 0.0233 e. The Morgan fingerprint density at radius 1 is 0.636 bits per heavy atom. The van der Waals surface area contributed by atoms with Crippen molar-refractivity contribution in [3.05, 3.63) is 35.9 Å². The quantitative estimate of drug-likeness (QED) is 0.358. The predicted molar refractivity (Wildman–Crippen MR) is 99.2 cm³/mol. The van der Waals surface area contributed by atoms with Gasteiger partial charge in [-0.1, -0.05) is 95.5 Å². The second-order valence-electron chi connectivity index (χ2n) is 6.59. The van der Waals surface area contributed by atoms with E-state index in [0.717, 1.165) is 6.54 Å². The van der Waals surface area contributed by atoms with Crippen molar-refractivity contribution in [1.82, 2.24) is 4.90 Å². The van der Waals surface area contributed by atoms with Crippen LogP contribution in [0.4, 0.5) is 0 Å². The lowest BCUT2D eigenvalue weighted by Crippen LogP contribution is -2.25. The zero-order valence-corrected chi connectivity index (χ0v) is 15.0. The molecule has 1 aromatic rings. The maximum absolute atomic E-state index is 2.65. The molecule has 1 nitrogen and oxygen atoms in total. The Labute approximate surface area is 139 Å². The van der Waals surface area contributed by atoms with Gasteiger partial charge in [-0.2, -0.15) is 0 Å². The van der Waals surface area contributed by atoms with Crippen LogP contribution in [0, 0.1) is 0 Å². The lowest BCUT2D eigenvalue weighted by atomic mass is 10.1. The van der Waals surface area contributed by atoms with Gasteiger partial charge < -0.3 is 0 Å². The Hall–Kier alpha value is -0.820. The minimum Gasteiger partial charge on any atom is -0.299 e. The number of rotatable bonds is 14. The third-order valence-electron chi connectivity index (χ3n) is 4.40. The first kappa shape index (κ1) is 19.2. The number of hydrogen-bond acceptors (Lipinski definition) is 1. The van der Waals surface area contributed by atoms with Gasteiger partial charge in [0.05, 0.1) is 0 Å². The summed E-state index contributed by atoms with van der Waals surface area (Å²) < 4.78 is 0. The zero-order chi connectivity index (χ0) is 15.9. The van der Waals surface area contributed by atoms with E-state index < -0.39 is 0 Å². The molecule has 0 unspecified atom stereocenters. The predicted octanol–water partition coefficient (Wildman–Crippen LogP) is 6.43. The zero-order valence-electron chi connectivity index (χ0n) is 15.0. The molecule has 0 spiro atoms. The molecule has 0 aliphatic rings. The van der Waals surface area contributed by atoms with E-state index in [4.69, 9.17) is 0 Å². The number of unbranched alkanes of at least 4 members (excludes halogenated alkanes) is 8. The van der Waals surface area contributed by atoms with Crippen molar-refractivity contribution in [1.29, 1.82) is 0 Å². The molecule has 0 aliphatic heterocycles. The van der Waals surface area contributed by atoms with Crippen molar-refractivity contribution in [3.8, 4) is 0 Å². The molecular weight excluding hydrogens is 266 g/mol. The monoisotopic (exact) mass is 303 g/mol. The molecule has 1 aromatic carbocycles. The summed E-state index contributed by atoms with van der Waals surface area (Å²) in [6, 6.07) is 10.9. The average molecular weight is 304 g/mol. The van der Waals surface area contributed by atoms with Crippen molar-refractivity contribution < 1.29 is 0 Å². The van der Waals surface area contributed by atoms with Gasteiger partial charge >= 0.3 is 0 Å². The number of benzene rings is 1. The summed E-state index contributed by atoms with van der Waals surface area (Å²) in [7, 11) is 0. The van der Waals surface area contributed by atoms with Crippen LogP contribution in [-0.2, 0) is 6.54 Å². The first-order valence-corrected chi connectivity index (χ1v) is 9.63. The second kappa shape index (κ2) is 13.8. The standard InChI is InChI=1S/C21H37N/c1-3-5-7-8-9-10-11-15-19-22(18-6-4-2)20-21-16-13-12-14-17-21/h12-14,16-17H,3-11,15,18-20H2,1-2H3. The van der Waals surface area contributed by atoms with Crippen LogP contribution in [0.25, 0.3) is 0 Å². The van der Waals surface area contributed by atoms with Gasteiger partial charge in [-0.05, 0) is 31.5 Å². The van der Waals surface area contributed by atoms with E-state index in [2.05, 4.69) is 49.1 Å². The molecule has 0 radical (unpaired) electrons. The van der Waals surface area contributed by atoms with Crippen LogP contribution in [0.2, 0.25) is 0 Å². The molecule has 0 aromatic heterocycles. The average Bonchev–Trinajstić information content (AvgIpc) is 2.55. The van der Waals surface area contributed by atoms with Crippen LogP contribution >= 0.6 is 0 Å². The fraction of sp³-hybridized carbons (Fsp3) is 0.714. The van der Waals surface area contributed by atoms with Gasteiger partial charge in [0.1, 0.15) is 0 Å². The Bertz CT molecular complexity index is 333. The molecule has 22 heavy (non-hydrogen) atoms. The highest BCUT2D eigenvalue weighted by Crippen LogP contribution is 2.11. The summed E-state index contributed by atoms with van der Waals surface area (Å²) in [5.41, 5.74) is 1.46. The minimum absolute atomic E-state index is 1.12. The molecule has 0 bridgehead atoms. The maximum Gasteiger partial charge on any atom is 0.0233 e. The van der Waals surface area contributed by atoms with E-state index in [1.807, 2.05) is 0 Å². The Kier molecular flexibility index (Phi) is 12.1. The fourth-order valence-electron chi connectivity index (χ4n) is 2.96. The van der Waals surface area contributed by atoms with Crippen LogP contribution in [0.15, 0.2) is 30.3 Å². The van der Waals surface area contributed by atoms with Crippen LogP contribution < -0.4 is 0 Å². The highest BCUT2D eigenvalue weighted by Gasteiger charge is 2.05. The van der Waals surface area contributed by atoms with E-state index in [1.54, 1.807) is 0 Å². The Balaban J connectivity index is 2.15. The maximum atomic E-state index is 2.65. The molecule has 0 heterocycles. The van der Waals surface area contributed by atoms with Gasteiger partial charge in [0.25, 0.3) is 0 Å². The van der Waals surface area contributed by atoms with Gasteiger partial charge in [0, 0.05) is 6.54 Å². The van der Waals surface area contributed by atoms with Crippen molar-refractivity contribution in [2.75, 3.05) is 13.1 Å². The van der Waals surface area contributed by atoms with Gasteiger partial charge in [-0.15, -0.1) is 0 Å². The van der Waals surface area contributed by atoms with Crippen LogP contribution in [0.5, 0.6) is 0 Å². The van der Waals surface area contributed by atoms with E-state index in [1.165, 1.54) is 82.9 Å². The van der Waals surface area contributed by atoms with Crippen LogP contribution in [0.3, 0.4) is 0 Å². The van der Waals surface area contributed by atoms with Gasteiger partial charge in [-0.25, -0.2) is 0 Å². The van der Waals surface area contributed by atoms with Gasteiger partial charge in [0.15, 0.2) is 0 Å². The second-order valence-corrected chi connectivity index (χ2v) is 6.59. The molecule has 0 aliphatic carbocycles. The first-order chi connectivity index (χ1) is 10.9. The molecule has 1 rings (SSSR count). The summed E-state index contributed by atoms with van der Waals surface area (Å²) in [5, 5.41) is 0. The highest BCUT2D eigenvalue weighted by atomic mass is 15.1. The van der Waals surface area contributed by atoms with Crippen molar-refractivity contribution in [2.45, 2.75) is 84.6 Å². The van der Waals surface area contributed by atoms with E-state index >= 15 is 0 Å². The van der Waals surface area contributed by atoms with Gasteiger partial charge in [0.2, 0.25) is 0 Å². The fourth-order valence-corrected chi connectivity index (χ4v) is 2.96. The summed E-state index contributed by atoms with van der Waals surface area (Å²) >= 11 is 0. The minimum atomic E-state index is 1.12. The van der Waals surface area contributed by atoms with Crippen LogP contribution in [-0.4, -0.2) is 18.0 Å². The summed E-state index contributed by atoms with van der Waals surface area (Å²) in [6.45, 7) is 8.22. The molecule has 0 atom stereocenters. The van der Waals surface area contributed by atoms with E-state index in [0.29, 0.717) is 0 Å². The summed E-state index contributed by atoms with van der Waals surface area (Å²) in [6.07, 6.45) is 13.9. The van der Waals surface area contributed by atoms with E-state index in [-0.39, 0.29) is 0 Å². The SMILES string of the molecule is CCCCCCCCCCN(CCCC)Cc1ccccc1. The van der Waals surface area contributed by atoms with E-state index in [9.17, 15) is 0 Å². The van der Waals surface area contributed by atoms with Gasteiger partial charge in [-0.3, -0.25) is 4.90 Å².